The summed E-state index contributed by atoms with van der Waals surface area (Å²) in [6.45, 7) is 3.76. The molecule has 1 amide bonds. The van der Waals surface area contributed by atoms with Crippen molar-refractivity contribution in [2.45, 2.75) is 19.9 Å². The van der Waals surface area contributed by atoms with E-state index in [1.54, 1.807) is 16.8 Å². The Bertz CT molecular complexity index is 957. The van der Waals surface area contributed by atoms with E-state index in [0.29, 0.717) is 5.69 Å². The molecule has 0 fully saturated rings. The number of hydrogen-bond acceptors (Lipinski definition) is 3. The van der Waals surface area contributed by atoms with Crippen molar-refractivity contribution in [1.82, 2.24) is 20.1 Å². The predicted octanol–water partition coefficient (Wildman–Crippen LogP) is 2.57. The molecule has 3 aromatic rings. The van der Waals surface area contributed by atoms with Gasteiger partial charge in [0, 0.05) is 24.5 Å². The van der Waals surface area contributed by atoms with E-state index >= 15 is 0 Å². The summed E-state index contributed by atoms with van der Waals surface area (Å²) in [6.07, 6.45) is 1.86. The van der Waals surface area contributed by atoms with E-state index in [4.69, 9.17) is 0 Å². The first-order valence-corrected chi connectivity index (χ1v) is 8.05. The Kier molecular flexibility index (Phi) is 4.52. The van der Waals surface area contributed by atoms with E-state index in [1.807, 2.05) is 57.4 Å². The number of aromatic amines is 1. The van der Waals surface area contributed by atoms with Crippen molar-refractivity contribution < 1.29 is 4.79 Å². The summed E-state index contributed by atoms with van der Waals surface area (Å²) in [5, 5.41) is 7.13. The smallest absolute Gasteiger partial charge is 0.261 e. The number of aromatic nitrogens is 3. The van der Waals surface area contributed by atoms with E-state index in [0.717, 1.165) is 16.8 Å². The maximum Gasteiger partial charge on any atom is 0.261 e. The van der Waals surface area contributed by atoms with Gasteiger partial charge < -0.3 is 10.3 Å². The second-order valence-corrected chi connectivity index (χ2v) is 6.02. The van der Waals surface area contributed by atoms with Crippen molar-refractivity contribution in [3.05, 3.63) is 75.8 Å². The van der Waals surface area contributed by atoms with Crippen molar-refractivity contribution in [3.8, 4) is 11.3 Å². The molecule has 6 nitrogen and oxygen atoms in total. The molecule has 2 N–H and O–H groups in total. The van der Waals surface area contributed by atoms with E-state index < -0.39 is 11.5 Å². The van der Waals surface area contributed by atoms with Gasteiger partial charge >= 0.3 is 0 Å². The topological polar surface area (TPSA) is 79.8 Å². The number of aryl methyl sites for hydroxylation is 2. The number of nitrogens with one attached hydrogen (secondary N) is 2. The van der Waals surface area contributed by atoms with Gasteiger partial charge in [-0.3, -0.25) is 14.3 Å². The molecule has 6 heteroatoms. The van der Waals surface area contributed by atoms with Crippen molar-refractivity contribution in [3.63, 3.8) is 0 Å². The Morgan fingerprint density at radius 3 is 2.52 bits per heavy atom. The minimum absolute atomic E-state index is 0.0908. The molecule has 0 saturated heterocycles. The molecule has 2 heterocycles. The zero-order valence-corrected chi connectivity index (χ0v) is 14.4. The SMILES string of the molecule is Cc1nn(C)cc1[C@H](C)NC(=O)c1ccc(-c2ccccc2)[nH]c1=O. The van der Waals surface area contributed by atoms with Crippen LogP contribution in [0.2, 0.25) is 0 Å². The lowest BCUT2D eigenvalue weighted by molar-refractivity contribution is 0.0938. The number of hydrogen-bond donors (Lipinski definition) is 2. The lowest BCUT2D eigenvalue weighted by Gasteiger charge is -2.13. The largest absolute Gasteiger partial charge is 0.345 e. The third-order valence-corrected chi connectivity index (χ3v) is 4.10. The van der Waals surface area contributed by atoms with Gasteiger partial charge in [-0.1, -0.05) is 30.3 Å². The molecule has 1 atom stereocenters. The Morgan fingerprint density at radius 2 is 1.92 bits per heavy atom. The molecule has 128 valence electrons. The maximum atomic E-state index is 12.5. The standard InChI is InChI=1S/C19H20N4O2/c1-12(16-11-23(3)22-13(16)2)20-18(24)15-9-10-17(21-19(15)25)14-7-5-4-6-8-14/h4-12H,1-3H3,(H,20,24)(H,21,25)/t12-/m0/s1. The zero-order chi connectivity index (χ0) is 18.0. The van der Waals surface area contributed by atoms with E-state index in [1.165, 1.54) is 0 Å². The van der Waals surface area contributed by atoms with Crippen LogP contribution in [-0.2, 0) is 7.05 Å². The lowest BCUT2D eigenvalue weighted by atomic mass is 10.1. The highest BCUT2D eigenvalue weighted by atomic mass is 16.2. The normalized spacial score (nSPS) is 12.0. The molecule has 0 aliphatic heterocycles. The Morgan fingerprint density at radius 1 is 1.20 bits per heavy atom. The zero-order valence-electron chi connectivity index (χ0n) is 14.4. The van der Waals surface area contributed by atoms with Gasteiger partial charge in [0.2, 0.25) is 0 Å². The molecule has 0 saturated carbocycles. The summed E-state index contributed by atoms with van der Waals surface area (Å²) < 4.78 is 1.70. The van der Waals surface area contributed by atoms with Crippen LogP contribution in [0.5, 0.6) is 0 Å². The van der Waals surface area contributed by atoms with Gasteiger partial charge in [0.25, 0.3) is 11.5 Å². The van der Waals surface area contributed by atoms with Gasteiger partial charge in [0.15, 0.2) is 0 Å². The van der Waals surface area contributed by atoms with Gasteiger partial charge in [0.1, 0.15) is 5.56 Å². The van der Waals surface area contributed by atoms with Gasteiger partial charge in [-0.15, -0.1) is 0 Å². The van der Waals surface area contributed by atoms with Crippen LogP contribution in [0, 0.1) is 6.92 Å². The highest BCUT2D eigenvalue weighted by molar-refractivity contribution is 5.94. The Balaban J connectivity index is 1.81. The fourth-order valence-corrected chi connectivity index (χ4v) is 2.83. The highest BCUT2D eigenvalue weighted by Crippen LogP contribution is 2.17. The highest BCUT2D eigenvalue weighted by Gasteiger charge is 2.17. The molecule has 1 aromatic carbocycles. The van der Waals surface area contributed by atoms with Crippen molar-refractivity contribution in [1.29, 1.82) is 0 Å². The van der Waals surface area contributed by atoms with Crippen LogP contribution in [0.15, 0.2) is 53.5 Å². The van der Waals surface area contributed by atoms with Gasteiger partial charge in [-0.25, -0.2) is 0 Å². The number of benzene rings is 1. The number of rotatable bonds is 4. The monoisotopic (exact) mass is 336 g/mol. The number of amides is 1. The first-order chi connectivity index (χ1) is 12.0. The minimum atomic E-state index is -0.408. The second-order valence-electron chi connectivity index (χ2n) is 6.02. The van der Waals surface area contributed by atoms with Crippen molar-refractivity contribution in [2.24, 2.45) is 7.05 Å². The molecule has 3 rings (SSSR count). The van der Waals surface area contributed by atoms with E-state index in [2.05, 4.69) is 15.4 Å². The molecule has 2 aromatic heterocycles. The number of pyridine rings is 1. The Labute approximate surface area is 145 Å². The third kappa shape index (κ3) is 3.52. The van der Waals surface area contributed by atoms with Crippen molar-refractivity contribution >= 4 is 5.91 Å². The lowest BCUT2D eigenvalue weighted by Crippen LogP contribution is -2.31. The van der Waals surface area contributed by atoms with Gasteiger partial charge in [-0.05, 0) is 31.5 Å². The number of H-pyrrole nitrogens is 1. The molecule has 0 aliphatic rings. The molecular formula is C19H20N4O2. The van der Waals surface area contributed by atoms with E-state index in [-0.39, 0.29) is 11.6 Å². The molecule has 0 bridgehead atoms. The molecule has 0 unspecified atom stereocenters. The number of nitrogens with zero attached hydrogens (tertiary/aromatic N) is 2. The fourth-order valence-electron chi connectivity index (χ4n) is 2.83. The van der Waals surface area contributed by atoms with E-state index in [9.17, 15) is 9.59 Å². The fraction of sp³-hybridized carbons (Fsp3) is 0.211. The molecular weight excluding hydrogens is 316 g/mol. The van der Waals surface area contributed by atoms with Crippen LogP contribution in [0.4, 0.5) is 0 Å². The minimum Gasteiger partial charge on any atom is -0.345 e. The third-order valence-electron chi connectivity index (χ3n) is 4.10. The summed E-state index contributed by atoms with van der Waals surface area (Å²) in [4.78, 5) is 27.5. The molecule has 0 radical (unpaired) electrons. The number of carbonyl (C=O) groups is 1. The number of carbonyl (C=O) groups excluding carboxylic acids is 1. The summed E-state index contributed by atoms with van der Waals surface area (Å²) in [6, 6.07) is 12.6. The average molecular weight is 336 g/mol. The summed E-state index contributed by atoms with van der Waals surface area (Å²) in [5.74, 6) is -0.406. The molecule has 0 spiro atoms. The molecule has 25 heavy (non-hydrogen) atoms. The van der Waals surface area contributed by atoms with Crippen LogP contribution >= 0.6 is 0 Å². The summed E-state index contributed by atoms with van der Waals surface area (Å²) >= 11 is 0. The van der Waals surface area contributed by atoms with Crippen LogP contribution in [0.1, 0.15) is 34.6 Å². The summed E-state index contributed by atoms with van der Waals surface area (Å²) in [5.41, 5.74) is 3.03. The van der Waals surface area contributed by atoms with Crippen LogP contribution in [0.25, 0.3) is 11.3 Å². The van der Waals surface area contributed by atoms with Crippen LogP contribution < -0.4 is 10.9 Å². The first kappa shape index (κ1) is 16.7. The predicted molar refractivity (Wildman–Crippen MR) is 96.3 cm³/mol. The average Bonchev–Trinajstić information content (AvgIpc) is 2.94. The van der Waals surface area contributed by atoms with Crippen LogP contribution in [0.3, 0.4) is 0 Å². The van der Waals surface area contributed by atoms with Gasteiger partial charge in [-0.2, -0.15) is 5.10 Å². The maximum absolute atomic E-state index is 12.5. The second kappa shape index (κ2) is 6.76. The van der Waals surface area contributed by atoms with Crippen LogP contribution in [-0.4, -0.2) is 20.7 Å². The van der Waals surface area contributed by atoms with Gasteiger partial charge in [0.05, 0.1) is 11.7 Å². The van der Waals surface area contributed by atoms with Crippen molar-refractivity contribution in [2.75, 3.05) is 0 Å². The first-order valence-electron chi connectivity index (χ1n) is 8.05. The summed E-state index contributed by atoms with van der Waals surface area (Å²) in [7, 11) is 1.83. The molecule has 0 aliphatic carbocycles. The quantitative estimate of drug-likeness (QED) is 0.768. The Hall–Kier alpha value is -3.15.